The van der Waals surface area contributed by atoms with Crippen LogP contribution in [0.25, 0.3) is 0 Å². The lowest BCUT2D eigenvalue weighted by Crippen LogP contribution is -2.14. The van der Waals surface area contributed by atoms with Gasteiger partial charge < -0.3 is 20.1 Å². The smallest absolute Gasteiger partial charge is 0.264 e. The van der Waals surface area contributed by atoms with Crippen LogP contribution in [0.5, 0.6) is 17.2 Å². The molecule has 0 aliphatic rings. The van der Waals surface area contributed by atoms with Gasteiger partial charge in [0.2, 0.25) is 5.16 Å². The number of rotatable bonds is 9. The van der Waals surface area contributed by atoms with E-state index in [2.05, 4.69) is 20.7 Å². The third-order valence-electron chi connectivity index (χ3n) is 4.32. The summed E-state index contributed by atoms with van der Waals surface area (Å²) in [5, 5.41) is 13.1. The quantitative estimate of drug-likeness (QED) is 0.232. The number of methoxy groups -OCH3 is 3. The number of ether oxygens (including phenoxy) is 3. The number of nitrogens with zero attached hydrogens (tertiary/aromatic N) is 4. The molecule has 0 amide bonds. The Bertz CT molecular complexity index is 1020. The van der Waals surface area contributed by atoms with Crippen molar-refractivity contribution in [2.24, 2.45) is 5.10 Å². The van der Waals surface area contributed by atoms with Gasteiger partial charge in [-0.05, 0) is 42.8 Å². The molecule has 0 aliphatic heterocycles. The summed E-state index contributed by atoms with van der Waals surface area (Å²) in [7, 11) is 4.83. The first-order chi connectivity index (χ1) is 14.5. The summed E-state index contributed by atoms with van der Waals surface area (Å²) in [6.07, 6.45) is 0. The van der Waals surface area contributed by atoms with Crippen molar-refractivity contribution in [3.8, 4) is 17.2 Å². The Kier molecular flexibility index (Phi) is 7.02. The van der Waals surface area contributed by atoms with E-state index < -0.39 is 0 Å². The molecule has 0 aliphatic carbocycles. The zero-order valence-electron chi connectivity index (χ0n) is 17.2. The van der Waals surface area contributed by atoms with E-state index in [4.69, 9.17) is 20.1 Å². The molecule has 0 saturated heterocycles. The molecule has 30 heavy (non-hydrogen) atoms. The average molecular weight is 429 g/mol. The number of hydrogen-bond donors (Lipinski definition) is 2. The lowest BCUT2D eigenvalue weighted by atomic mass is 10.1. The third-order valence-corrected chi connectivity index (χ3v) is 5.33. The van der Waals surface area contributed by atoms with Crippen molar-refractivity contribution in [3.63, 3.8) is 0 Å². The number of nitrogen functional groups attached to an aromatic ring is 1. The molecular formula is C20H24N6O3S. The predicted molar refractivity (Wildman–Crippen MR) is 118 cm³/mol. The molecule has 3 aromatic rings. The van der Waals surface area contributed by atoms with Crippen molar-refractivity contribution in [2.45, 2.75) is 17.8 Å². The summed E-state index contributed by atoms with van der Waals surface area (Å²) >= 11 is 1.48. The highest BCUT2D eigenvalue weighted by atomic mass is 32.2. The summed E-state index contributed by atoms with van der Waals surface area (Å²) in [5.74, 6) is 9.25. The maximum atomic E-state index is 6.10. The van der Waals surface area contributed by atoms with E-state index >= 15 is 0 Å². The fourth-order valence-corrected chi connectivity index (χ4v) is 3.39. The first-order valence-electron chi connectivity index (χ1n) is 9.04. The molecule has 0 fully saturated rings. The van der Waals surface area contributed by atoms with Crippen LogP contribution >= 0.6 is 11.8 Å². The minimum Gasteiger partial charge on any atom is -0.497 e. The Morgan fingerprint density at radius 2 is 1.77 bits per heavy atom. The Morgan fingerprint density at radius 1 is 1.03 bits per heavy atom. The van der Waals surface area contributed by atoms with Crippen molar-refractivity contribution >= 4 is 23.4 Å². The van der Waals surface area contributed by atoms with Gasteiger partial charge in [0.15, 0.2) is 11.5 Å². The van der Waals surface area contributed by atoms with Crippen LogP contribution in [0.2, 0.25) is 0 Å². The van der Waals surface area contributed by atoms with Crippen LogP contribution in [0.1, 0.15) is 18.1 Å². The zero-order valence-corrected chi connectivity index (χ0v) is 18.1. The summed E-state index contributed by atoms with van der Waals surface area (Å²) in [4.78, 5) is 0. The second-order valence-electron chi connectivity index (χ2n) is 6.19. The molecule has 0 bridgehead atoms. The number of nitrogens with one attached hydrogen (secondary N) is 1. The molecule has 3 rings (SSSR count). The number of hydrazone groups is 1. The van der Waals surface area contributed by atoms with Gasteiger partial charge in [0, 0.05) is 11.3 Å². The summed E-state index contributed by atoms with van der Waals surface area (Å²) in [5.41, 5.74) is 5.59. The average Bonchev–Trinajstić information content (AvgIpc) is 3.15. The van der Waals surface area contributed by atoms with Gasteiger partial charge in [0.05, 0.1) is 27.0 Å². The molecule has 0 unspecified atom stereocenters. The number of benzene rings is 2. The number of hydrogen-bond acceptors (Lipinski definition) is 9. The van der Waals surface area contributed by atoms with Crippen LogP contribution in [-0.2, 0) is 5.75 Å². The fraction of sp³-hybridized carbons (Fsp3) is 0.250. The van der Waals surface area contributed by atoms with E-state index in [0.29, 0.717) is 28.4 Å². The van der Waals surface area contributed by atoms with Crippen LogP contribution in [0, 0.1) is 0 Å². The van der Waals surface area contributed by atoms with E-state index in [9.17, 15) is 0 Å². The fourth-order valence-electron chi connectivity index (χ4n) is 2.58. The normalized spacial score (nSPS) is 11.3. The number of aromatic nitrogens is 3. The van der Waals surface area contributed by atoms with E-state index in [0.717, 1.165) is 22.6 Å². The molecule has 1 aromatic heterocycles. The molecule has 2 aromatic carbocycles. The van der Waals surface area contributed by atoms with Gasteiger partial charge in [-0.3, -0.25) is 0 Å². The minimum atomic E-state index is 0.340. The lowest BCUT2D eigenvalue weighted by molar-refractivity contribution is 0.355. The third kappa shape index (κ3) is 4.95. The predicted octanol–water partition coefficient (Wildman–Crippen LogP) is 3.15. The van der Waals surface area contributed by atoms with E-state index in [1.165, 1.54) is 16.4 Å². The molecule has 0 spiro atoms. The second kappa shape index (κ2) is 9.88. The maximum absolute atomic E-state index is 6.10. The Labute approximate surface area is 179 Å². The Morgan fingerprint density at radius 3 is 2.43 bits per heavy atom. The number of anilines is 1. The first-order valence-corrected chi connectivity index (χ1v) is 10.0. The number of thioether (sulfide) groups is 1. The van der Waals surface area contributed by atoms with Crippen molar-refractivity contribution < 1.29 is 14.2 Å². The van der Waals surface area contributed by atoms with Crippen LogP contribution < -0.4 is 25.5 Å². The van der Waals surface area contributed by atoms with Gasteiger partial charge in [-0.15, -0.1) is 10.2 Å². The van der Waals surface area contributed by atoms with Crippen molar-refractivity contribution in [3.05, 3.63) is 53.6 Å². The molecule has 9 nitrogen and oxygen atoms in total. The summed E-state index contributed by atoms with van der Waals surface area (Å²) < 4.78 is 17.1. The molecule has 0 atom stereocenters. The highest BCUT2D eigenvalue weighted by Gasteiger charge is 2.11. The largest absolute Gasteiger partial charge is 0.497 e. The first kappa shape index (κ1) is 21.3. The molecule has 0 radical (unpaired) electrons. The monoisotopic (exact) mass is 428 g/mol. The van der Waals surface area contributed by atoms with Crippen LogP contribution in [0.4, 0.5) is 5.95 Å². The van der Waals surface area contributed by atoms with E-state index in [-0.39, 0.29) is 0 Å². The van der Waals surface area contributed by atoms with E-state index in [1.807, 2.05) is 49.4 Å². The van der Waals surface area contributed by atoms with E-state index in [1.54, 1.807) is 21.3 Å². The zero-order chi connectivity index (χ0) is 21.5. The standard InChI is InChI=1S/C20H24N6O3S/c1-13(15-7-10-17(28-3)18(11-15)29-4)22-23-19-24-25-20(26(19)21)30-12-14-5-8-16(27-2)9-6-14/h5-11H,12,21H2,1-4H3,(H,23,24)/b22-13+. The van der Waals surface area contributed by atoms with Crippen LogP contribution in [0.3, 0.4) is 0 Å². The highest BCUT2D eigenvalue weighted by Crippen LogP contribution is 2.28. The van der Waals surface area contributed by atoms with Crippen molar-refractivity contribution in [1.82, 2.24) is 14.9 Å². The molecule has 0 saturated carbocycles. The lowest BCUT2D eigenvalue weighted by Gasteiger charge is -2.09. The van der Waals surface area contributed by atoms with Crippen LogP contribution in [-0.4, -0.2) is 41.9 Å². The van der Waals surface area contributed by atoms with Crippen LogP contribution in [0.15, 0.2) is 52.7 Å². The molecule has 3 N–H and O–H groups in total. The maximum Gasteiger partial charge on any atom is 0.264 e. The molecule has 10 heteroatoms. The summed E-state index contributed by atoms with van der Waals surface area (Å²) in [6, 6.07) is 13.4. The van der Waals surface area contributed by atoms with Gasteiger partial charge in [-0.25, -0.2) is 10.1 Å². The second-order valence-corrected chi connectivity index (χ2v) is 7.13. The number of nitrogens with two attached hydrogens (primary N) is 1. The molecule has 1 heterocycles. The van der Waals surface area contributed by atoms with Gasteiger partial charge in [-0.1, -0.05) is 23.9 Å². The Hall–Kier alpha value is -3.40. The highest BCUT2D eigenvalue weighted by molar-refractivity contribution is 7.98. The minimum absolute atomic E-state index is 0.340. The van der Waals surface area contributed by atoms with Crippen molar-refractivity contribution in [2.75, 3.05) is 32.6 Å². The van der Waals surface area contributed by atoms with Gasteiger partial charge in [0.1, 0.15) is 5.75 Å². The van der Waals surface area contributed by atoms with Gasteiger partial charge in [-0.2, -0.15) is 5.10 Å². The van der Waals surface area contributed by atoms with Gasteiger partial charge >= 0.3 is 0 Å². The molecular weight excluding hydrogens is 404 g/mol. The topological polar surface area (TPSA) is 109 Å². The SMILES string of the molecule is COc1ccc(CSc2nnc(N/N=C(\C)c3ccc(OC)c(OC)c3)n2N)cc1. The van der Waals surface area contributed by atoms with Gasteiger partial charge in [0.25, 0.3) is 5.95 Å². The van der Waals surface area contributed by atoms with Crippen molar-refractivity contribution in [1.29, 1.82) is 0 Å². The Balaban J connectivity index is 1.65. The summed E-state index contributed by atoms with van der Waals surface area (Å²) in [6.45, 7) is 1.87. The molecule has 158 valence electrons.